The summed E-state index contributed by atoms with van der Waals surface area (Å²) in [6.45, 7) is 3.83. The molecular formula is C14H18F2N2O. The van der Waals surface area contributed by atoms with Gasteiger partial charge in [-0.25, -0.2) is 8.78 Å². The number of nitrogens with zero attached hydrogens (tertiary/aromatic N) is 2. The fourth-order valence-corrected chi connectivity index (χ4v) is 2.22. The van der Waals surface area contributed by atoms with Gasteiger partial charge in [0, 0.05) is 12.6 Å². The normalized spacial score (nSPS) is 10.6. The van der Waals surface area contributed by atoms with E-state index in [1.807, 2.05) is 13.8 Å². The summed E-state index contributed by atoms with van der Waals surface area (Å²) >= 11 is 0. The topological polar surface area (TPSA) is 47.3 Å². The van der Waals surface area contributed by atoms with Gasteiger partial charge in [0.15, 0.2) is 11.6 Å². The molecule has 5 heteroatoms. The monoisotopic (exact) mass is 268 g/mol. The predicted molar refractivity (Wildman–Crippen MR) is 69.9 cm³/mol. The molecule has 1 rings (SSSR count). The van der Waals surface area contributed by atoms with E-state index in [9.17, 15) is 8.78 Å². The highest BCUT2D eigenvalue weighted by atomic mass is 19.1. The quantitative estimate of drug-likeness (QED) is 0.863. The number of benzene rings is 1. The van der Waals surface area contributed by atoms with Crippen LogP contribution in [0.25, 0.3) is 0 Å². The van der Waals surface area contributed by atoms with Gasteiger partial charge < -0.3 is 10.0 Å². The first kappa shape index (κ1) is 15.4. The predicted octanol–water partition coefficient (Wildman–Crippen LogP) is 2.82. The Morgan fingerprint density at radius 2 is 1.79 bits per heavy atom. The standard InChI is InChI=1S/C14H18F2N2O/c1-3-11(4-2)18(5-6-19)14-12(15)7-10(9-17)8-13(14)16/h7-8,11,19H,3-6H2,1-2H3. The highest BCUT2D eigenvalue weighted by Gasteiger charge is 2.22. The lowest BCUT2D eigenvalue weighted by Gasteiger charge is -2.32. The van der Waals surface area contributed by atoms with E-state index < -0.39 is 11.6 Å². The van der Waals surface area contributed by atoms with Crippen molar-refractivity contribution in [1.82, 2.24) is 0 Å². The van der Waals surface area contributed by atoms with E-state index in [2.05, 4.69) is 0 Å². The first-order chi connectivity index (χ1) is 9.08. The Kier molecular flexibility index (Phi) is 5.71. The van der Waals surface area contributed by atoms with Crippen molar-refractivity contribution >= 4 is 5.69 Å². The van der Waals surface area contributed by atoms with E-state index >= 15 is 0 Å². The van der Waals surface area contributed by atoms with Crippen LogP contribution in [0.4, 0.5) is 14.5 Å². The van der Waals surface area contributed by atoms with E-state index in [-0.39, 0.29) is 30.4 Å². The minimum absolute atomic E-state index is 0.0488. The Hall–Kier alpha value is -1.67. The van der Waals surface area contributed by atoms with Gasteiger partial charge in [-0.05, 0) is 25.0 Å². The molecule has 0 bridgehead atoms. The summed E-state index contributed by atoms with van der Waals surface area (Å²) in [6.07, 6.45) is 1.44. The first-order valence-corrected chi connectivity index (χ1v) is 6.35. The number of aliphatic hydroxyl groups excluding tert-OH is 1. The Balaban J connectivity index is 3.27. The second-order valence-corrected chi connectivity index (χ2v) is 4.29. The number of anilines is 1. The molecule has 0 amide bonds. The molecule has 3 nitrogen and oxygen atoms in total. The van der Waals surface area contributed by atoms with Gasteiger partial charge in [0.05, 0.1) is 18.2 Å². The van der Waals surface area contributed by atoms with Crippen LogP contribution < -0.4 is 4.90 Å². The van der Waals surface area contributed by atoms with Crippen LogP contribution in [0, 0.1) is 23.0 Å². The zero-order valence-corrected chi connectivity index (χ0v) is 11.2. The molecule has 0 aromatic heterocycles. The summed E-state index contributed by atoms with van der Waals surface area (Å²) in [5.74, 6) is -1.53. The van der Waals surface area contributed by atoms with Crippen LogP contribution in [0.5, 0.6) is 0 Å². The number of nitriles is 1. The van der Waals surface area contributed by atoms with Crippen molar-refractivity contribution < 1.29 is 13.9 Å². The van der Waals surface area contributed by atoms with Gasteiger partial charge in [-0.15, -0.1) is 0 Å². The van der Waals surface area contributed by atoms with Gasteiger partial charge in [0.2, 0.25) is 0 Å². The van der Waals surface area contributed by atoms with Crippen LogP contribution in [0.1, 0.15) is 32.3 Å². The van der Waals surface area contributed by atoms with Crippen molar-refractivity contribution in [2.45, 2.75) is 32.7 Å². The second-order valence-electron chi connectivity index (χ2n) is 4.29. The van der Waals surface area contributed by atoms with Crippen molar-refractivity contribution in [2.24, 2.45) is 0 Å². The molecule has 0 saturated carbocycles. The molecular weight excluding hydrogens is 250 g/mol. The number of aliphatic hydroxyl groups is 1. The fraction of sp³-hybridized carbons (Fsp3) is 0.500. The number of hydrogen-bond acceptors (Lipinski definition) is 3. The molecule has 0 atom stereocenters. The number of halogens is 2. The zero-order valence-electron chi connectivity index (χ0n) is 11.2. The highest BCUT2D eigenvalue weighted by molar-refractivity contribution is 5.53. The minimum Gasteiger partial charge on any atom is -0.395 e. The summed E-state index contributed by atoms with van der Waals surface area (Å²) in [5, 5.41) is 17.8. The molecule has 104 valence electrons. The van der Waals surface area contributed by atoms with Crippen LogP contribution in [0.2, 0.25) is 0 Å². The van der Waals surface area contributed by atoms with Crippen LogP contribution in [0.3, 0.4) is 0 Å². The summed E-state index contributed by atoms with van der Waals surface area (Å²) in [7, 11) is 0. The Morgan fingerprint density at radius 1 is 1.26 bits per heavy atom. The second kappa shape index (κ2) is 7.05. The molecule has 0 aliphatic carbocycles. The van der Waals surface area contributed by atoms with Crippen LogP contribution in [-0.2, 0) is 0 Å². The van der Waals surface area contributed by atoms with E-state index in [4.69, 9.17) is 10.4 Å². The van der Waals surface area contributed by atoms with Gasteiger partial charge in [0.25, 0.3) is 0 Å². The molecule has 0 heterocycles. The lowest BCUT2D eigenvalue weighted by molar-refractivity contribution is 0.294. The zero-order chi connectivity index (χ0) is 14.4. The first-order valence-electron chi connectivity index (χ1n) is 6.35. The summed E-state index contributed by atoms with van der Waals surface area (Å²) in [6, 6.07) is 3.70. The van der Waals surface area contributed by atoms with Crippen molar-refractivity contribution in [3.63, 3.8) is 0 Å². The van der Waals surface area contributed by atoms with E-state index in [1.54, 1.807) is 6.07 Å². The molecule has 0 spiro atoms. The lowest BCUT2D eigenvalue weighted by Crippen LogP contribution is -2.38. The summed E-state index contributed by atoms with van der Waals surface area (Å²) < 4.78 is 28.0. The largest absolute Gasteiger partial charge is 0.395 e. The van der Waals surface area contributed by atoms with Crippen molar-refractivity contribution in [3.8, 4) is 6.07 Å². The molecule has 1 N–H and O–H groups in total. The third kappa shape index (κ3) is 3.42. The molecule has 0 fully saturated rings. The van der Waals surface area contributed by atoms with E-state index in [1.165, 1.54) is 4.90 Å². The van der Waals surface area contributed by atoms with Crippen molar-refractivity contribution in [3.05, 3.63) is 29.3 Å². The average Bonchev–Trinajstić information content (AvgIpc) is 2.39. The fourth-order valence-electron chi connectivity index (χ4n) is 2.22. The molecule has 0 unspecified atom stereocenters. The van der Waals surface area contributed by atoms with Crippen LogP contribution in [-0.4, -0.2) is 24.3 Å². The average molecular weight is 268 g/mol. The maximum atomic E-state index is 14.0. The molecule has 0 aliphatic rings. The highest BCUT2D eigenvalue weighted by Crippen LogP contribution is 2.28. The van der Waals surface area contributed by atoms with Gasteiger partial charge in [-0.1, -0.05) is 13.8 Å². The molecule has 1 aromatic rings. The third-order valence-electron chi connectivity index (χ3n) is 3.16. The number of rotatable bonds is 6. The minimum atomic E-state index is -0.767. The molecule has 1 aromatic carbocycles. The van der Waals surface area contributed by atoms with Gasteiger partial charge in [0.1, 0.15) is 5.69 Å². The summed E-state index contributed by atoms with van der Waals surface area (Å²) in [5.41, 5.74) is -0.214. The van der Waals surface area contributed by atoms with E-state index in [0.29, 0.717) is 0 Å². The smallest absolute Gasteiger partial charge is 0.150 e. The van der Waals surface area contributed by atoms with Crippen molar-refractivity contribution in [2.75, 3.05) is 18.1 Å². The van der Waals surface area contributed by atoms with Crippen LogP contribution >= 0.6 is 0 Å². The van der Waals surface area contributed by atoms with E-state index in [0.717, 1.165) is 25.0 Å². The van der Waals surface area contributed by atoms with Gasteiger partial charge >= 0.3 is 0 Å². The van der Waals surface area contributed by atoms with Gasteiger partial charge in [-0.3, -0.25) is 0 Å². The Bertz CT molecular complexity index is 444. The Labute approximate surface area is 112 Å². The maximum absolute atomic E-state index is 14.0. The molecule has 19 heavy (non-hydrogen) atoms. The SMILES string of the molecule is CCC(CC)N(CCO)c1c(F)cc(C#N)cc1F. The van der Waals surface area contributed by atoms with Gasteiger partial charge in [-0.2, -0.15) is 5.26 Å². The maximum Gasteiger partial charge on any atom is 0.150 e. The molecule has 0 radical (unpaired) electrons. The van der Waals surface area contributed by atoms with Crippen LogP contribution in [0.15, 0.2) is 12.1 Å². The van der Waals surface area contributed by atoms with Crippen molar-refractivity contribution in [1.29, 1.82) is 5.26 Å². The number of hydrogen-bond donors (Lipinski definition) is 1. The third-order valence-corrected chi connectivity index (χ3v) is 3.16. The molecule has 0 saturated heterocycles. The molecule has 0 aliphatic heterocycles. The summed E-state index contributed by atoms with van der Waals surface area (Å²) in [4.78, 5) is 1.53. The Morgan fingerprint density at radius 3 is 2.16 bits per heavy atom. The lowest BCUT2D eigenvalue weighted by atomic mass is 10.1.